The van der Waals surface area contributed by atoms with Crippen molar-refractivity contribution in [2.24, 2.45) is 0 Å². The molecule has 0 bridgehead atoms. The van der Waals surface area contributed by atoms with Crippen molar-refractivity contribution >= 4 is 29.2 Å². The molecule has 23 heavy (non-hydrogen) atoms. The molecule has 0 saturated heterocycles. The van der Waals surface area contributed by atoms with E-state index in [9.17, 15) is 14.0 Å². The molecule has 1 amide bonds. The highest BCUT2D eigenvalue weighted by atomic mass is 35.5. The van der Waals surface area contributed by atoms with Gasteiger partial charge >= 0.3 is 5.97 Å². The van der Waals surface area contributed by atoms with Crippen LogP contribution in [0.2, 0.25) is 5.02 Å². The first kappa shape index (κ1) is 16.8. The van der Waals surface area contributed by atoms with E-state index < -0.39 is 17.7 Å². The topological polar surface area (TPSA) is 64.6 Å². The maximum atomic E-state index is 12.9. The molecule has 0 saturated carbocycles. The van der Waals surface area contributed by atoms with Gasteiger partial charge in [-0.3, -0.25) is 4.79 Å². The van der Waals surface area contributed by atoms with Crippen LogP contribution in [0.15, 0.2) is 42.5 Å². The van der Waals surface area contributed by atoms with Crippen LogP contribution in [0, 0.1) is 5.82 Å². The second kappa shape index (κ2) is 7.60. The lowest BCUT2D eigenvalue weighted by Gasteiger charge is -2.09. The Morgan fingerprint density at radius 1 is 1.22 bits per heavy atom. The lowest BCUT2D eigenvalue weighted by atomic mass is 10.2. The summed E-state index contributed by atoms with van der Waals surface area (Å²) in [5.74, 6) is -1.13. The van der Waals surface area contributed by atoms with E-state index in [2.05, 4.69) is 10.1 Å². The van der Waals surface area contributed by atoms with Gasteiger partial charge in [-0.05, 0) is 36.4 Å². The molecule has 2 aromatic rings. The van der Waals surface area contributed by atoms with Gasteiger partial charge in [0.15, 0.2) is 6.61 Å². The Balaban J connectivity index is 1.95. The first-order valence-electron chi connectivity index (χ1n) is 6.55. The molecule has 0 aliphatic carbocycles. The van der Waals surface area contributed by atoms with Crippen LogP contribution in [0.1, 0.15) is 10.4 Å². The average Bonchev–Trinajstić information content (AvgIpc) is 2.55. The highest BCUT2D eigenvalue weighted by Crippen LogP contribution is 2.22. The van der Waals surface area contributed by atoms with Crippen molar-refractivity contribution in [2.45, 2.75) is 0 Å². The molecule has 2 rings (SSSR count). The van der Waals surface area contributed by atoms with E-state index in [1.807, 2.05) is 0 Å². The first-order valence-corrected chi connectivity index (χ1v) is 6.93. The number of carbonyl (C=O) groups is 2. The fraction of sp³-hybridized carbons (Fsp3) is 0.125. The third-order valence-electron chi connectivity index (χ3n) is 2.83. The van der Waals surface area contributed by atoms with Gasteiger partial charge < -0.3 is 14.8 Å². The van der Waals surface area contributed by atoms with Crippen molar-refractivity contribution in [1.82, 2.24) is 0 Å². The summed E-state index contributed by atoms with van der Waals surface area (Å²) in [5, 5.41) is 2.59. The number of carbonyl (C=O) groups excluding carboxylic acids is 2. The highest BCUT2D eigenvalue weighted by Gasteiger charge is 2.09. The van der Waals surface area contributed by atoms with Crippen molar-refractivity contribution in [2.75, 3.05) is 19.0 Å². The molecule has 5 nitrogen and oxygen atoms in total. The highest BCUT2D eigenvalue weighted by molar-refractivity contribution is 6.33. The van der Waals surface area contributed by atoms with Crippen LogP contribution in [0.3, 0.4) is 0 Å². The molecule has 0 radical (unpaired) electrons. The fourth-order valence-corrected chi connectivity index (χ4v) is 1.97. The molecule has 120 valence electrons. The molecular weight excluding hydrogens is 325 g/mol. The number of halogens is 2. The van der Waals surface area contributed by atoms with Gasteiger partial charge in [-0.1, -0.05) is 17.7 Å². The number of esters is 1. The molecular formula is C16H13ClFNO4. The normalized spacial score (nSPS) is 10.0. The number of nitrogens with one attached hydrogen (secondary N) is 1. The summed E-state index contributed by atoms with van der Waals surface area (Å²) < 4.78 is 22.8. The summed E-state index contributed by atoms with van der Waals surface area (Å²) in [6, 6.07) is 9.87. The van der Waals surface area contributed by atoms with Gasteiger partial charge in [0.25, 0.3) is 5.91 Å². The Morgan fingerprint density at radius 2 is 2.00 bits per heavy atom. The zero-order chi connectivity index (χ0) is 16.8. The van der Waals surface area contributed by atoms with Crippen LogP contribution in [0.5, 0.6) is 5.75 Å². The van der Waals surface area contributed by atoms with Crippen molar-refractivity contribution in [3.63, 3.8) is 0 Å². The minimum Gasteiger partial charge on any atom is -0.484 e. The molecule has 7 heteroatoms. The largest absolute Gasteiger partial charge is 0.484 e. The van der Waals surface area contributed by atoms with E-state index in [1.165, 1.54) is 25.3 Å². The molecule has 0 unspecified atom stereocenters. The van der Waals surface area contributed by atoms with Crippen molar-refractivity contribution in [3.05, 3.63) is 58.9 Å². The molecule has 0 heterocycles. The number of hydrogen-bond donors (Lipinski definition) is 1. The third kappa shape index (κ3) is 4.69. The number of rotatable bonds is 5. The molecule has 0 aromatic heterocycles. The van der Waals surface area contributed by atoms with Gasteiger partial charge in [0, 0.05) is 0 Å². The predicted molar refractivity (Wildman–Crippen MR) is 83.3 cm³/mol. The smallest absolute Gasteiger partial charge is 0.337 e. The quantitative estimate of drug-likeness (QED) is 0.850. The lowest BCUT2D eigenvalue weighted by Crippen LogP contribution is -2.20. The Kier molecular flexibility index (Phi) is 5.54. The SMILES string of the molecule is COC(=O)c1cccc(OCC(=O)Nc2ccc(F)cc2Cl)c1. The van der Waals surface area contributed by atoms with Crippen molar-refractivity contribution < 1.29 is 23.5 Å². The summed E-state index contributed by atoms with van der Waals surface area (Å²) in [4.78, 5) is 23.2. The van der Waals surface area contributed by atoms with E-state index in [1.54, 1.807) is 18.2 Å². The van der Waals surface area contributed by atoms with Crippen molar-refractivity contribution in [1.29, 1.82) is 0 Å². The van der Waals surface area contributed by atoms with E-state index in [-0.39, 0.29) is 17.3 Å². The van der Waals surface area contributed by atoms with Crippen molar-refractivity contribution in [3.8, 4) is 5.75 Å². The second-order valence-corrected chi connectivity index (χ2v) is 4.89. The Labute approximate surface area is 137 Å². The number of anilines is 1. The molecule has 0 aliphatic heterocycles. The monoisotopic (exact) mass is 337 g/mol. The number of amides is 1. The van der Waals surface area contributed by atoms with E-state index in [0.29, 0.717) is 11.3 Å². The van der Waals surface area contributed by atoms with E-state index in [4.69, 9.17) is 16.3 Å². The second-order valence-electron chi connectivity index (χ2n) is 4.48. The third-order valence-corrected chi connectivity index (χ3v) is 3.14. The lowest BCUT2D eigenvalue weighted by molar-refractivity contribution is -0.118. The maximum Gasteiger partial charge on any atom is 0.337 e. The molecule has 0 fully saturated rings. The molecule has 2 aromatic carbocycles. The number of hydrogen-bond acceptors (Lipinski definition) is 4. The minimum atomic E-state index is -0.502. The summed E-state index contributed by atoms with van der Waals surface area (Å²) >= 11 is 5.82. The summed E-state index contributed by atoms with van der Waals surface area (Å²) in [5.41, 5.74) is 0.594. The molecule has 1 N–H and O–H groups in total. The van der Waals surface area contributed by atoms with E-state index in [0.717, 1.165) is 6.07 Å². The Morgan fingerprint density at radius 3 is 2.70 bits per heavy atom. The zero-order valence-corrected chi connectivity index (χ0v) is 12.9. The van der Waals surface area contributed by atoms with Gasteiger partial charge in [-0.25, -0.2) is 9.18 Å². The van der Waals surface area contributed by atoms with Gasteiger partial charge in [0.05, 0.1) is 23.4 Å². The predicted octanol–water partition coefficient (Wildman–Crippen LogP) is 3.28. The van der Waals surface area contributed by atoms with Crippen LogP contribution in [0.4, 0.5) is 10.1 Å². The molecule has 0 spiro atoms. The van der Waals surface area contributed by atoms with Gasteiger partial charge in [-0.2, -0.15) is 0 Å². The summed E-state index contributed by atoms with van der Waals surface area (Å²) in [7, 11) is 1.27. The van der Waals surface area contributed by atoms with Crippen LogP contribution in [-0.2, 0) is 9.53 Å². The zero-order valence-electron chi connectivity index (χ0n) is 12.1. The number of ether oxygens (including phenoxy) is 2. The van der Waals surface area contributed by atoms with Crippen LogP contribution < -0.4 is 10.1 Å². The van der Waals surface area contributed by atoms with Gasteiger partial charge in [0.2, 0.25) is 0 Å². The van der Waals surface area contributed by atoms with Crippen LogP contribution >= 0.6 is 11.6 Å². The number of benzene rings is 2. The maximum absolute atomic E-state index is 12.9. The summed E-state index contributed by atoms with van der Waals surface area (Å²) in [6.07, 6.45) is 0. The van der Waals surface area contributed by atoms with E-state index >= 15 is 0 Å². The standard InChI is InChI=1S/C16H13ClFNO4/c1-22-16(21)10-3-2-4-12(7-10)23-9-15(20)19-14-6-5-11(18)8-13(14)17/h2-8H,9H2,1H3,(H,19,20). The average molecular weight is 338 g/mol. The van der Waals surface area contributed by atoms with Crippen LogP contribution in [0.25, 0.3) is 0 Å². The Bertz CT molecular complexity index is 736. The molecule has 0 aliphatic rings. The number of methoxy groups -OCH3 is 1. The van der Waals surface area contributed by atoms with Crippen LogP contribution in [-0.4, -0.2) is 25.6 Å². The molecule has 0 atom stereocenters. The van der Waals surface area contributed by atoms with Gasteiger partial charge in [-0.15, -0.1) is 0 Å². The Hall–Kier alpha value is -2.60. The van der Waals surface area contributed by atoms with Gasteiger partial charge in [0.1, 0.15) is 11.6 Å². The fourth-order valence-electron chi connectivity index (χ4n) is 1.76. The first-order chi connectivity index (χ1) is 11.0. The minimum absolute atomic E-state index is 0.0889. The summed E-state index contributed by atoms with van der Waals surface area (Å²) in [6.45, 7) is -0.293.